The molecule has 0 heterocycles. The molecule has 120 valence electrons. The van der Waals surface area contributed by atoms with Crippen molar-refractivity contribution >= 4 is 5.97 Å². The molecule has 0 amide bonds. The first-order valence-corrected chi connectivity index (χ1v) is 8.25. The second kappa shape index (κ2) is 8.95. The molecule has 0 saturated heterocycles. The fraction of sp³-hybridized carbons (Fsp3) is 0.400. The molecule has 0 bridgehead atoms. The average Bonchev–Trinajstić information content (AvgIpc) is 2.60. The fourth-order valence-electron chi connectivity index (χ4n) is 2.81. The molecular formula is C20H23NO2. The van der Waals surface area contributed by atoms with E-state index in [1.165, 1.54) is 11.6 Å². The number of rotatable bonds is 5. The highest BCUT2D eigenvalue weighted by atomic mass is 16.5. The number of carbonyl (C=O) groups excluding carboxylic acids is 1. The van der Waals surface area contributed by atoms with Crippen molar-refractivity contribution in [3.8, 4) is 6.07 Å². The number of ether oxygens (including phenoxy) is 1. The molecule has 0 aromatic heterocycles. The van der Waals surface area contributed by atoms with Crippen LogP contribution in [0.15, 0.2) is 48.6 Å². The molecule has 1 aliphatic carbocycles. The van der Waals surface area contributed by atoms with Gasteiger partial charge in [0.15, 0.2) is 0 Å². The summed E-state index contributed by atoms with van der Waals surface area (Å²) in [5.74, 6) is 0.292. The first-order chi connectivity index (χ1) is 11.2. The second-order valence-electron chi connectivity index (χ2n) is 5.87. The molecule has 0 N–H and O–H groups in total. The summed E-state index contributed by atoms with van der Waals surface area (Å²) in [4.78, 5) is 12.2. The Labute approximate surface area is 138 Å². The third-order valence-corrected chi connectivity index (χ3v) is 4.26. The van der Waals surface area contributed by atoms with Gasteiger partial charge < -0.3 is 4.74 Å². The maximum absolute atomic E-state index is 12.2. The Morgan fingerprint density at radius 1 is 1.22 bits per heavy atom. The highest BCUT2D eigenvalue weighted by molar-refractivity contribution is 5.89. The van der Waals surface area contributed by atoms with Crippen LogP contribution in [0.1, 0.15) is 48.5 Å². The van der Waals surface area contributed by atoms with Crippen LogP contribution in [0, 0.1) is 17.2 Å². The summed E-state index contributed by atoms with van der Waals surface area (Å²) in [6.45, 7) is 2.09. The second-order valence-corrected chi connectivity index (χ2v) is 5.87. The summed E-state index contributed by atoms with van der Waals surface area (Å²) >= 11 is 0. The van der Waals surface area contributed by atoms with Gasteiger partial charge in [0.25, 0.3) is 0 Å². The number of nitriles is 1. The number of nitrogens with zero attached hydrogens (tertiary/aromatic N) is 1. The minimum atomic E-state index is -0.219. The smallest absolute Gasteiger partial charge is 0.338 e. The van der Waals surface area contributed by atoms with Gasteiger partial charge in [-0.05, 0) is 55.7 Å². The molecule has 23 heavy (non-hydrogen) atoms. The molecule has 3 nitrogen and oxygen atoms in total. The summed E-state index contributed by atoms with van der Waals surface area (Å²) in [7, 11) is 0. The molecule has 0 atom stereocenters. The van der Waals surface area contributed by atoms with E-state index < -0.39 is 0 Å². The van der Waals surface area contributed by atoms with E-state index in [1.807, 2.05) is 36.4 Å². The van der Waals surface area contributed by atoms with E-state index in [-0.39, 0.29) is 12.1 Å². The summed E-state index contributed by atoms with van der Waals surface area (Å²) in [6.07, 6.45) is 12.1. The molecule has 0 radical (unpaired) electrons. The Hall–Kier alpha value is -2.34. The van der Waals surface area contributed by atoms with Crippen molar-refractivity contribution in [3.63, 3.8) is 0 Å². The van der Waals surface area contributed by atoms with Crippen LogP contribution in [0.3, 0.4) is 0 Å². The van der Waals surface area contributed by atoms with Crippen LogP contribution in [-0.4, -0.2) is 12.1 Å². The van der Waals surface area contributed by atoms with Gasteiger partial charge in [-0.15, -0.1) is 0 Å². The number of esters is 1. The molecule has 0 aliphatic heterocycles. The highest BCUT2D eigenvalue weighted by Crippen LogP contribution is 2.27. The zero-order valence-electron chi connectivity index (χ0n) is 13.6. The Bertz CT molecular complexity index is 600. The summed E-state index contributed by atoms with van der Waals surface area (Å²) < 4.78 is 5.62. The third kappa shape index (κ3) is 5.41. The Balaban J connectivity index is 1.79. The predicted molar refractivity (Wildman–Crippen MR) is 90.9 cm³/mol. The van der Waals surface area contributed by atoms with Gasteiger partial charge in [0.1, 0.15) is 6.10 Å². The van der Waals surface area contributed by atoms with Crippen molar-refractivity contribution in [1.29, 1.82) is 5.26 Å². The number of allylic oxidation sites excluding steroid dienone is 4. The van der Waals surface area contributed by atoms with Crippen molar-refractivity contribution in [2.75, 3.05) is 0 Å². The number of hydrogen-bond acceptors (Lipinski definition) is 3. The summed E-state index contributed by atoms with van der Waals surface area (Å²) in [5, 5.41) is 8.43. The first-order valence-electron chi connectivity index (χ1n) is 8.25. The number of carbonyl (C=O) groups is 1. The number of hydrogen-bond donors (Lipinski definition) is 0. The van der Waals surface area contributed by atoms with Crippen molar-refractivity contribution in [2.24, 2.45) is 5.92 Å². The zero-order chi connectivity index (χ0) is 16.5. The van der Waals surface area contributed by atoms with E-state index in [2.05, 4.69) is 13.0 Å². The highest BCUT2D eigenvalue weighted by Gasteiger charge is 2.22. The van der Waals surface area contributed by atoms with Gasteiger partial charge in [0.05, 0.1) is 11.6 Å². The minimum absolute atomic E-state index is 0.0210. The molecule has 1 saturated carbocycles. The van der Waals surface area contributed by atoms with Gasteiger partial charge in [-0.1, -0.05) is 37.3 Å². The van der Waals surface area contributed by atoms with E-state index in [1.54, 1.807) is 6.08 Å². The van der Waals surface area contributed by atoms with E-state index in [0.29, 0.717) is 11.5 Å². The molecule has 2 rings (SSSR count). The van der Waals surface area contributed by atoms with Crippen LogP contribution in [0.2, 0.25) is 0 Å². The third-order valence-electron chi connectivity index (χ3n) is 4.26. The standard InChI is InChI=1S/C20H23NO2/c1-2-16-7-11-18(12-8-16)20(22)23-19-13-9-17(10-14-19)6-4-3-5-15-21/h3-8,11-12,17,19H,2,9-10,13-14H2,1H3. The van der Waals surface area contributed by atoms with E-state index >= 15 is 0 Å². The van der Waals surface area contributed by atoms with Gasteiger partial charge in [0, 0.05) is 6.08 Å². The van der Waals surface area contributed by atoms with Crippen LogP contribution >= 0.6 is 0 Å². The minimum Gasteiger partial charge on any atom is -0.459 e. The van der Waals surface area contributed by atoms with Crippen LogP contribution < -0.4 is 0 Å². The quantitative estimate of drug-likeness (QED) is 0.454. The van der Waals surface area contributed by atoms with Crippen molar-refractivity contribution in [1.82, 2.24) is 0 Å². The van der Waals surface area contributed by atoms with Crippen LogP contribution in [0.4, 0.5) is 0 Å². The molecule has 3 heteroatoms. The summed E-state index contributed by atoms with van der Waals surface area (Å²) in [6, 6.07) is 9.61. The van der Waals surface area contributed by atoms with Gasteiger partial charge in [-0.25, -0.2) is 4.79 Å². The van der Waals surface area contributed by atoms with Gasteiger partial charge in [0.2, 0.25) is 0 Å². The molecular weight excluding hydrogens is 286 g/mol. The SMILES string of the molecule is CCc1ccc(C(=O)OC2CCC(C=CC=CC#N)CC2)cc1. The fourth-order valence-corrected chi connectivity index (χ4v) is 2.81. The molecule has 1 aromatic rings. The van der Waals surface area contributed by atoms with E-state index in [4.69, 9.17) is 10.00 Å². The van der Waals surface area contributed by atoms with Gasteiger partial charge in [-0.2, -0.15) is 5.26 Å². The number of aryl methyl sites for hydroxylation is 1. The molecule has 1 aromatic carbocycles. The van der Waals surface area contributed by atoms with Gasteiger partial charge >= 0.3 is 5.97 Å². The maximum atomic E-state index is 12.2. The molecule has 1 aliphatic rings. The zero-order valence-corrected chi connectivity index (χ0v) is 13.6. The molecule has 1 fully saturated rings. The molecule has 0 spiro atoms. The van der Waals surface area contributed by atoms with Crippen molar-refractivity contribution in [3.05, 3.63) is 59.7 Å². The number of benzene rings is 1. The average molecular weight is 309 g/mol. The van der Waals surface area contributed by atoms with E-state index in [0.717, 1.165) is 32.1 Å². The van der Waals surface area contributed by atoms with Crippen LogP contribution in [-0.2, 0) is 11.2 Å². The van der Waals surface area contributed by atoms with Crippen LogP contribution in [0.25, 0.3) is 0 Å². The van der Waals surface area contributed by atoms with Gasteiger partial charge in [-0.3, -0.25) is 0 Å². The van der Waals surface area contributed by atoms with Crippen molar-refractivity contribution < 1.29 is 9.53 Å². The van der Waals surface area contributed by atoms with E-state index in [9.17, 15) is 4.79 Å². The molecule has 0 unspecified atom stereocenters. The normalized spacial score (nSPS) is 21.4. The van der Waals surface area contributed by atoms with Crippen molar-refractivity contribution in [2.45, 2.75) is 45.1 Å². The maximum Gasteiger partial charge on any atom is 0.338 e. The lowest BCUT2D eigenvalue weighted by atomic mass is 9.87. The first kappa shape index (κ1) is 17.0. The topological polar surface area (TPSA) is 50.1 Å². The Morgan fingerprint density at radius 3 is 2.52 bits per heavy atom. The van der Waals surface area contributed by atoms with Crippen LogP contribution in [0.5, 0.6) is 0 Å². The summed E-state index contributed by atoms with van der Waals surface area (Å²) in [5.41, 5.74) is 1.85. The lowest BCUT2D eigenvalue weighted by Crippen LogP contribution is -2.24. The largest absolute Gasteiger partial charge is 0.459 e. The monoisotopic (exact) mass is 309 g/mol. The predicted octanol–water partition coefficient (Wildman–Crippen LogP) is 4.60. The lowest BCUT2D eigenvalue weighted by Gasteiger charge is -2.26. The Kier molecular flexibility index (Phi) is 6.62. The lowest BCUT2D eigenvalue weighted by molar-refractivity contribution is 0.0185. The Morgan fingerprint density at radius 2 is 1.91 bits per heavy atom.